The van der Waals surface area contributed by atoms with Gasteiger partial charge in [0.25, 0.3) is 0 Å². The summed E-state index contributed by atoms with van der Waals surface area (Å²) in [4.78, 5) is 0. The molecule has 1 saturated carbocycles. The molecule has 0 heterocycles. The Morgan fingerprint density at radius 2 is 2.00 bits per heavy atom. The third-order valence-electron chi connectivity index (χ3n) is 1.62. The summed E-state index contributed by atoms with van der Waals surface area (Å²) in [5.74, 6) is 0. The molecule has 0 nitrogen and oxygen atoms in total. The second kappa shape index (κ2) is 3.14. The van der Waals surface area contributed by atoms with E-state index >= 15 is 0 Å². The van der Waals surface area contributed by atoms with Crippen LogP contribution in [0.5, 0.6) is 0 Å². The Labute approximate surface area is 54.3 Å². The van der Waals surface area contributed by atoms with Gasteiger partial charge in [-0.3, -0.25) is 0 Å². The Morgan fingerprint density at radius 1 is 1.22 bits per heavy atom. The molecular weight excluding hydrogens is 122 g/mol. The number of halogens is 2. The number of rotatable bonds is 0. The first-order chi connectivity index (χ1) is 4.29. The molecule has 0 amide bonds. The lowest BCUT2D eigenvalue weighted by Crippen LogP contribution is -2.05. The predicted octanol–water partition coefficient (Wildman–Crippen LogP) is 2.44. The average Bonchev–Trinajstić information content (AvgIpc) is 1.93. The highest BCUT2D eigenvalue weighted by Crippen LogP contribution is 2.21. The van der Waals surface area contributed by atoms with Crippen molar-refractivity contribution in [1.29, 1.82) is 0 Å². The Bertz CT molecular complexity index is 73.0. The molecule has 0 aliphatic heterocycles. The van der Waals surface area contributed by atoms with Crippen molar-refractivity contribution in [2.75, 3.05) is 0 Å². The Kier molecular flexibility index (Phi) is 2.43. The van der Waals surface area contributed by atoms with Crippen molar-refractivity contribution in [3.05, 3.63) is 6.42 Å². The van der Waals surface area contributed by atoms with Crippen LogP contribution in [0.25, 0.3) is 0 Å². The minimum atomic E-state index is -0.928. The fourth-order valence-corrected chi connectivity index (χ4v) is 1.09. The zero-order chi connectivity index (χ0) is 6.69. The number of alkyl halides is 2. The van der Waals surface area contributed by atoms with E-state index in [2.05, 4.69) is 0 Å². The lowest BCUT2D eigenvalue weighted by Gasteiger charge is -2.03. The van der Waals surface area contributed by atoms with Crippen molar-refractivity contribution < 1.29 is 8.78 Å². The van der Waals surface area contributed by atoms with Gasteiger partial charge in [-0.05, 0) is 25.7 Å². The molecular formula is C7H11F2. The molecule has 2 atom stereocenters. The van der Waals surface area contributed by atoms with E-state index in [1.807, 2.05) is 6.42 Å². The maximum atomic E-state index is 12.4. The van der Waals surface area contributed by atoms with Gasteiger partial charge in [0.2, 0.25) is 0 Å². The van der Waals surface area contributed by atoms with Crippen LogP contribution in [-0.4, -0.2) is 12.3 Å². The van der Waals surface area contributed by atoms with Gasteiger partial charge < -0.3 is 0 Å². The standard InChI is InChI=1S/C7H11F2/c8-6-3-1-2-4-7(9)5-6/h1,6-7H,2-5H2. The molecule has 9 heavy (non-hydrogen) atoms. The second-order valence-corrected chi connectivity index (χ2v) is 2.53. The normalized spacial score (nSPS) is 38.0. The summed E-state index contributed by atoms with van der Waals surface area (Å²) in [5, 5.41) is 0. The van der Waals surface area contributed by atoms with Crippen LogP contribution in [0.1, 0.15) is 25.7 Å². The van der Waals surface area contributed by atoms with Gasteiger partial charge in [-0.2, -0.15) is 0 Å². The lowest BCUT2D eigenvalue weighted by atomic mass is 10.2. The van der Waals surface area contributed by atoms with Crippen molar-refractivity contribution in [2.24, 2.45) is 0 Å². The van der Waals surface area contributed by atoms with E-state index in [-0.39, 0.29) is 6.42 Å². The van der Waals surface area contributed by atoms with Crippen LogP contribution in [0.3, 0.4) is 0 Å². The molecule has 53 valence electrons. The fraction of sp³-hybridized carbons (Fsp3) is 0.857. The molecule has 1 aliphatic carbocycles. The zero-order valence-electron chi connectivity index (χ0n) is 5.32. The maximum Gasteiger partial charge on any atom is 0.103 e. The summed E-state index contributed by atoms with van der Waals surface area (Å²) in [6, 6.07) is 0. The molecule has 2 unspecified atom stereocenters. The summed E-state index contributed by atoms with van der Waals surface area (Å²) in [7, 11) is 0. The molecule has 0 bridgehead atoms. The van der Waals surface area contributed by atoms with Gasteiger partial charge in [0.1, 0.15) is 12.3 Å². The monoisotopic (exact) mass is 133 g/mol. The van der Waals surface area contributed by atoms with Gasteiger partial charge >= 0.3 is 0 Å². The van der Waals surface area contributed by atoms with E-state index in [4.69, 9.17) is 0 Å². The second-order valence-electron chi connectivity index (χ2n) is 2.53. The molecule has 0 saturated heterocycles. The van der Waals surface area contributed by atoms with Crippen molar-refractivity contribution in [3.8, 4) is 0 Å². The third kappa shape index (κ3) is 2.29. The highest BCUT2D eigenvalue weighted by molar-refractivity contribution is 4.79. The average molecular weight is 133 g/mol. The van der Waals surface area contributed by atoms with Crippen molar-refractivity contribution in [2.45, 2.75) is 38.0 Å². The van der Waals surface area contributed by atoms with Gasteiger partial charge in [-0.25, -0.2) is 8.78 Å². The summed E-state index contributed by atoms with van der Waals surface area (Å²) < 4.78 is 24.9. The molecule has 0 N–H and O–H groups in total. The van der Waals surface area contributed by atoms with Crippen LogP contribution in [0.4, 0.5) is 8.78 Å². The van der Waals surface area contributed by atoms with Crippen molar-refractivity contribution >= 4 is 0 Å². The van der Waals surface area contributed by atoms with Crippen LogP contribution in [-0.2, 0) is 0 Å². The summed E-state index contributed by atoms with van der Waals surface area (Å²) in [5.41, 5.74) is 0. The Balaban J connectivity index is 2.29. The maximum absolute atomic E-state index is 12.4. The van der Waals surface area contributed by atoms with Crippen LogP contribution in [0.15, 0.2) is 0 Å². The molecule has 1 radical (unpaired) electrons. The third-order valence-corrected chi connectivity index (χ3v) is 1.62. The lowest BCUT2D eigenvalue weighted by molar-refractivity contribution is 0.224. The van der Waals surface area contributed by atoms with Gasteiger partial charge in [-0.1, -0.05) is 0 Å². The zero-order valence-corrected chi connectivity index (χ0v) is 5.32. The Morgan fingerprint density at radius 3 is 2.78 bits per heavy atom. The van der Waals surface area contributed by atoms with E-state index in [9.17, 15) is 8.78 Å². The highest BCUT2D eigenvalue weighted by atomic mass is 19.1. The van der Waals surface area contributed by atoms with Gasteiger partial charge in [0.05, 0.1) is 0 Å². The van der Waals surface area contributed by atoms with Gasteiger partial charge in [-0.15, -0.1) is 0 Å². The molecule has 0 spiro atoms. The van der Waals surface area contributed by atoms with Crippen molar-refractivity contribution in [3.63, 3.8) is 0 Å². The fourth-order valence-electron chi connectivity index (χ4n) is 1.09. The van der Waals surface area contributed by atoms with Crippen LogP contribution in [0.2, 0.25) is 0 Å². The number of hydrogen-bond acceptors (Lipinski definition) is 0. The Hall–Kier alpha value is -0.140. The summed E-state index contributed by atoms with van der Waals surface area (Å²) >= 11 is 0. The largest absolute Gasteiger partial charge is 0.247 e. The first-order valence-electron chi connectivity index (χ1n) is 3.39. The molecule has 2 heteroatoms. The minimum absolute atomic E-state index is 0.108. The van der Waals surface area contributed by atoms with Crippen LogP contribution < -0.4 is 0 Å². The summed E-state index contributed by atoms with van der Waals surface area (Å²) in [6.07, 6.45) is 1.81. The highest BCUT2D eigenvalue weighted by Gasteiger charge is 2.18. The minimum Gasteiger partial charge on any atom is -0.247 e. The molecule has 1 aliphatic rings. The molecule has 0 aromatic heterocycles. The van der Waals surface area contributed by atoms with E-state index in [1.54, 1.807) is 0 Å². The molecule has 1 fully saturated rings. The van der Waals surface area contributed by atoms with E-state index < -0.39 is 12.3 Å². The predicted molar refractivity (Wildman–Crippen MR) is 32.6 cm³/mol. The quantitative estimate of drug-likeness (QED) is 0.445. The summed E-state index contributed by atoms with van der Waals surface area (Å²) in [6.45, 7) is 0. The SMILES string of the molecule is FC1C[CH]CCC(F)C1. The van der Waals surface area contributed by atoms with E-state index in [0.717, 1.165) is 6.42 Å². The first-order valence-corrected chi connectivity index (χ1v) is 3.39. The topological polar surface area (TPSA) is 0 Å². The van der Waals surface area contributed by atoms with E-state index in [1.165, 1.54) is 0 Å². The van der Waals surface area contributed by atoms with Gasteiger partial charge in [0, 0.05) is 6.42 Å². The van der Waals surface area contributed by atoms with Crippen LogP contribution in [0, 0.1) is 6.42 Å². The smallest absolute Gasteiger partial charge is 0.103 e. The van der Waals surface area contributed by atoms with Crippen molar-refractivity contribution in [1.82, 2.24) is 0 Å². The van der Waals surface area contributed by atoms with Gasteiger partial charge in [0.15, 0.2) is 0 Å². The number of hydrogen-bond donors (Lipinski definition) is 0. The molecule has 1 rings (SSSR count). The molecule has 0 aromatic carbocycles. The molecule has 0 aromatic rings. The first kappa shape index (κ1) is 6.97. The van der Waals surface area contributed by atoms with E-state index in [0.29, 0.717) is 12.8 Å². The van der Waals surface area contributed by atoms with Crippen LogP contribution >= 0.6 is 0 Å².